The van der Waals surface area contributed by atoms with Crippen LogP contribution in [0.1, 0.15) is 12.8 Å². The van der Waals surface area contributed by atoms with Crippen molar-refractivity contribution < 1.29 is 10.2 Å². The molecule has 0 aromatic carbocycles. The predicted molar refractivity (Wildman–Crippen MR) is 66.8 cm³/mol. The molecule has 94 valence electrons. The molecule has 2 heterocycles. The van der Waals surface area contributed by atoms with Crippen LogP contribution in [0, 0.1) is 0 Å². The number of nitrogens with zero attached hydrogens (tertiary/aromatic N) is 3. The summed E-state index contributed by atoms with van der Waals surface area (Å²) in [5.41, 5.74) is 6.77. The number of nitrogens with two attached hydrogens (primary N) is 1. The number of hydrogen-bond donors (Lipinski definition) is 4. The minimum atomic E-state index is -0.762. The highest BCUT2D eigenvalue weighted by Crippen LogP contribution is 2.37. The molecular formula is C10H11N5O2S. The lowest BCUT2D eigenvalue weighted by Crippen LogP contribution is -2.03. The van der Waals surface area contributed by atoms with Crippen molar-refractivity contribution in [2.24, 2.45) is 0 Å². The molecule has 5 N–H and O–H groups in total. The fourth-order valence-corrected chi connectivity index (χ4v) is 2.79. The van der Waals surface area contributed by atoms with Gasteiger partial charge < -0.3 is 20.9 Å². The first-order chi connectivity index (χ1) is 8.65. The van der Waals surface area contributed by atoms with E-state index < -0.39 is 6.10 Å². The van der Waals surface area contributed by atoms with Gasteiger partial charge in [0.25, 0.3) is 0 Å². The van der Waals surface area contributed by atoms with Crippen molar-refractivity contribution in [3.8, 4) is 0 Å². The summed E-state index contributed by atoms with van der Waals surface area (Å²) in [5, 5.41) is 19.7. The lowest BCUT2D eigenvalue weighted by atomic mass is 10.3. The first kappa shape index (κ1) is 11.3. The number of rotatable bonds is 2. The summed E-state index contributed by atoms with van der Waals surface area (Å²) in [6.07, 6.45) is 1.76. The zero-order chi connectivity index (χ0) is 12.7. The van der Waals surface area contributed by atoms with Gasteiger partial charge in [-0.05, 0) is 12.8 Å². The number of imidazole rings is 1. The smallest absolute Gasteiger partial charge is 0.183 e. The minimum Gasteiger partial charge on any atom is -0.509 e. The Labute approximate surface area is 106 Å². The SMILES string of the molecule is Nc1ncnc2nc(SC3=C(O)C(O)CC3)[nH]c12. The molecule has 0 saturated heterocycles. The molecule has 0 amide bonds. The molecule has 0 saturated carbocycles. The molecule has 1 atom stereocenters. The van der Waals surface area contributed by atoms with Crippen molar-refractivity contribution in [3.63, 3.8) is 0 Å². The highest BCUT2D eigenvalue weighted by atomic mass is 32.2. The summed E-state index contributed by atoms with van der Waals surface area (Å²) in [6, 6.07) is 0. The Morgan fingerprint density at radius 3 is 2.94 bits per heavy atom. The average Bonchev–Trinajstić information content (AvgIpc) is 2.89. The van der Waals surface area contributed by atoms with Crippen molar-refractivity contribution in [2.75, 3.05) is 5.73 Å². The van der Waals surface area contributed by atoms with E-state index in [0.717, 1.165) is 0 Å². The molecule has 1 aliphatic carbocycles. The van der Waals surface area contributed by atoms with E-state index in [-0.39, 0.29) is 5.76 Å². The number of nitrogen functional groups attached to an aromatic ring is 1. The summed E-state index contributed by atoms with van der Waals surface area (Å²) in [5.74, 6) is 0.364. The van der Waals surface area contributed by atoms with Gasteiger partial charge in [-0.15, -0.1) is 0 Å². The average molecular weight is 265 g/mol. The van der Waals surface area contributed by atoms with E-state index in [0.29, 0.717) is 39.9 Å². The molecule has 2 aromatic heterocycles. The highest BCUT2D eigenvalue weighted by molar-refractivity contribution is 8.03. The van der Waals surface area contributed by atoms with E-state index in [1.165, 1.54) is 18.1 Å². The molecule has 0 spiro atoms. The zero-order valence-corrected chi connectivity index (χ0v) is 10.1. The third-order valence-corrected chi connectivity index (χ3v) is 3.81. The molecule has 18 heavy (non-hydrogen) atoms. The van der Waals surface area contributed by atoms with Gasteiger partial charge in [-0.3, -0.25) is 0 Å². The second-order valence-electron chi connectivity index (χ2n) is 3.96. The van der Waals surface area contributed by atoms with E-state index in [1.54, 1.807) is 0 Å². The molecule has 0 radical (unpaired) electrons. The lowest BCUT2D eigenvalue weighted by Gasteiger charge is -2.00. The summed E-state index contributed by atoms with van der Waals surface area (Å²) in [7, 11) is 0. The number of aliphatic hydroxyl groups excluding tert-OH is 2. The quantitative estimate of drug-likeness (QED) is 0.637. The zero-order valence-electron chi connectivity index (χ0n) is 9.29. The standard InChI is InChI=1S/C10H11N5O2S/c11-8-6-9(13-3-12-8)15-10(14-6)18-5-2-1-4(16)7(5)17/h3-4,16-17H,1-2H2,(H3,11,12,13,14,15). The molecule has 0 fully saturated rings. The number of allylic oxidation sites excluding steroid dienone is 1. The van der Waals surface area contributed by atoms with Crippen LogP contribution in [0.4, 0.5) is 5.82 Å². The summed E-state index contributed by atoms with van der Waals surface area (Å²) >= 11 is 1.28. The van der Waals surface area contributed by atoms with Crippen molar-refractivity contribution in [2.45, 2.75) is 24.1 Å². The number of thioether (sulfide) groups is 1. The maximum atomic E-state index is 9.66. The van der Waals surface area contributed by atoms with Crippen LogP contribution in [0.3, 0.4) is 0 Å². The van der Waals surface area contributed by atoms with Crippen LogP contribution in [0.5, 0.6) is 0 Å². The number of aromatic amines is 1. The van der Waals surface area contributed by atoms with Crippen LogP contribution in [0.15, 0.2) is 22.1 Å². The molecular weight excluding hydrogens is 254 g/mol. The van der Waals surface area contributed by atoms with Gasteiger partial charge in [0.2, 0.25) is 0 Å². The molecule has 0 bridgehead atoms. The Kier molecular flexibility index (Phi) is 2.60. The Morgan fingerprint density at radius 1 is 1.44 bits per heavy atom. The van der Waals surface area contributed by atoms with E-state index in [4.69, 9.17) is 5.73 Å². The number of anilines is 1. The Balaban J connectivity index is 1.94. The molecule has 8 heteroatoms. The fraction of sp³-hybridized carbons (Fsp3) is 0.300. The van der Waals surface area contributed by atoms with Crippen LogP contribution < -0.4 is 5.73 Å². The van der Waals surface area contributed by atoms with E-state index in [2.05, 4.69) is 19.9 Å². The monoisotopic (exact) mass is 265 g/mol. The van der Waals surface area contributed by atoms with E-state index in [9.17, 15) is 10.2 Å². The van der Waals surface area contributed by atoms with Gasteiger partial charge in [-0.25, -0.2) is 15.0 Å². The third kappa shape index (κ3) is 1.79. The molecule has 1 unspecified atom stereocenters. The van der Waals surface area contributed by atoms with Crippen molar-refractivity contribution in [1.82, 2.24) is 19.9 Å². The molecule has 3 rings (SSSR count). The van der Waals surface area contributed by atoms with Gasteiger partial charge in [0.15, 0.2) is 16.6 Å². The second-order valence-corrected chi connectivity index (χ2v) is 5.05. The topological polar surface area (TPSA) is 121 Å². The van der Waals surface area contributed by atoms with E-state index >= 15 is 0 Å². The first-order valence-electron chi connectivity index (χ1n) is 5.39. The van der Waals surface area contributed by atoms with Gasteiger partial charge in [0.1, 0.15) is 23.7 Å². The molecule has 7 nitrogen and oxygen atoms in total. The fourth-order valence-electron chi connectivity index (χ4n) is 1.81. The van der Waals surface area contributed by atoms with Crippen molar-refractivity contribution in [3.05, 3.63) is 17.0 Å². The largest absolute Gasteiger partial charge is 0.509 e. The summed E-state index contributed by atoms with van der Waals surface area (Å²) < 4.78 is 0. The number of fused-ring (bicyclic) bond motifs is 1. The maximum absolute atomic E-state index is 9.66. The van der Waals surface area contributed by atoms with Gasteiger partial charge in [0.05, 0.1) is 0 Å². The van der Waals surface area contributed by atoms with Gasteiger partial charge >= 0.3 is 0 Å². The number of aromatic nitrogens is 4. The maximum Gasteiger partial charge on any atom is 0.183 e. The highest BCUT2D eigenvalue weighted by Gasteiger charge is 2.24. The molecule has 1 aliphatic rings. The second kappa shape index (κ2) is 4.14. The first-order valence-corrected chi connectivity index (χ1v) is 6.21. The Bertz CT molecular complexity index is 638. The van der Waals surface area contributed by atoms with Crippen LogP contribution in [0.2, 0.25) is 0 Å². The predicted octanol–water partition coefficient (Wildman–Crippen LogP) is 0.952. The van der Waals surface area contributed by atoms with Gasteiger partial charge in [-0.1, -0.05) is 11.8 Å². The summed E-state index contributed by atoms with van der Waals surface area (Å²) in [4.78, 5) is 15.8. The Hall–Kier alpha value is -1.80. The van der Waals surface area contributed by atoms with Gasteiger partial charge in [-0.2, -0.15) is 0 Å². The van der Waals surface area contributed by atoms with Crippen molar-refractivity contribution >= 4 is 28.7 Å². The number of aliphatic hydroxyl groups is 2. The van der Waals surface area contributed by atoms with Crippen LogP contribution in [-0.4, -0.2) is 36.3 Å². The Morgan fingerprint density at radius 2 is 2.28 bits per heavy atom. The summed E-state index contributed by atoms with van der Waals surface area (Å²) in [6.45, 7) is 0. The third-order valence-electron chi connectivity index (χ3n) is 2.76. The van der Waals surface area contributed by atoms with Crippen LogP contribution in [0.25, 0.3) is 11.2 Å². The van der Waals surface area contributed by atoms with Crippen molar-refractivity contribution in [1.29, 1.82) is 0 Å². The normalized spacial score (nSPS) is 19.9. The number of hydrogen-bond acceptors (Lipinski definition) is 7. The number of H-pyrrole nitrogens is 1. The molecule has 2 aromatic rings. The number of nitrogens with one attached hydrogen (secondary N) is 1. The van der Waals surface area contributed by atoms with Crippen LogP contribution >= 0.6 is 11.8 Å². The van der Waals surface area contributed by atoms with Crippen LogP contribution in [-0.2, 0) is 0 Å². The molecule has 0 aliphatic heterocycles. The van der Waals surface area contributed by atoms with E-state index in [1.807, 2.05) is 0 Å². The van der Waals surface area contributed by atoms with Gasteiger partial charge in [0, 0.05) is 4.91 Å². The minimum absolute atomic E-state index is 0.0273. The lowest BCUT2D eigenvalue weighted by molar-refractivity contribution is 0.158.